The van der Waals surface area contributed by atoms with E-state index in [1.807, 2.05) is 13.8 Å². The lowest BCUT2D eigenvalue weighted by Crippen LogP contribution is -2.08. The van der Waals surface area contributed by atoms with Crippen LogP contribution in [0.4, 0.5) is 4.39 Å². The highest BCUT2D eigenvalue weighted by molar-refractivity contribution is 5.90. The van der Waals surface area contributed by atoms with Crippen molar-refractivity contribution in [1.29, 1.82) is 0 Å². The molecular weight excluding hydrogens is 259 g/mol. The third-order valence-corrected chi connectivity index (χ3v) is 3.17. The van der Waals surface area contributed by atoms with Gasteiger partial charge in [0.25, 0.3) is 0 Å². The van der Waals surface area contributed by atoms with Crippen molar-refractivity contribution in [3.63, 3.8) is 0 Å². The van der Waals surface area contributed by atoms with Gasteiger partial charge in [-0.25, -0.2) is 13.9 Å². The quantitative estimate of drug-likeness (QED) is 0.912. The summed E-state index contributed by atoms with van der Waals surface area (Å²) >= 11 is 0. The Bertz CT molecular complexity index is 635. The van der Waals surface area contributed by atoms with Crippen LogP contribution < -0.4 is 0 Å². The number of halogens is 1. The lowest BCUT2D eigenvalue weighted by atomic mass is 10.1. The van der Waals surface area contributed by atoms with Gasteiger partial charge in [0.05, 0.1) is 11.4 Å². The molecule has 0 saturated heterocycles. The van der Waals surface area contributed by atoms with Crippen LogP contribution in [0.25, 0.3) is 5.69 Å². The second-order valence-electron chi connectivity index (χ2n) is 4.54. The number of nitrogens with zero attached hydrogens (tertiary/aromatic N) is 2. The number of carboxylic acids is 1. The van der Waals surface area contributed by atoms with Crippen molar-refractivity contribution in [2.45, 2.75) is 33.1 Å². The zero-order chi connectivity index (χ0) is 14.7. The zero-order valence-electron chi connectivity index (χ0n) is 11.6. The summed E-state index contributed by atoms with van der Waals surface area (Å²) in [5.41, 5.74) is 1.54. The van der Waals surface area contributed by atoms with Crippen molar-refractivity contribution in [3.8, 4) is 5.69 Å². The van der Waals surface area contributed by atoms with E-state index >= 15 is 0 Å². The second-order valence-corrected chi connectivity index (χ2v) is 4.54. The van der Waals surface area contributed by atoms with Crippen molar-refractivity contribution in [2.24, 2.45) is 0 Å². The monoisotopic (exact) mass is 276 g/mol. The normalized spacial score (nSPS) is 10.8. The summed E-state index contributed by atoms with van der Waals surface area (Å²) in [6, 6.07) is 6.26. The molecule has 1 N–H and O–H groups in total. The van der Waals surface area contributed by atoms with E-state index in [0.717, 1.165) is 6.42 Å². The Labute approximate surface area is 116 Å². The number of rotatable bonds is 5. The molecule has 0 unspecified atom stereocenters. The van der Waals surface area contributed by atoms with E-state index in [-0.39, 0.29) is 11.3 Å². The van der Waals surface area contributed by atoms with Gasteiger partial charge in [-0.15, -0.1) is 0 Å². The first-order chi connectivity index (χ1) is 9.60. The Hall–Kier alpha value is -2.17. The van der Waals surface area contributed by atoms with Gasteiger partial charge in [0.2, 0.25) is 0 Å². The van der Waals surface area contributed by atoms with Crippen LogP contribution in [-0.4, -0.2) is 20.9 Å². The molecule has 0 radical (unpaired) electrons. The molecule has 5 heteroatoms. The maximum absolute atomic E-state index is 13.9. The van der Waals surface area contributed by atoms with Crippen LogP contribution in [0, 0.1) is 5.82 Å². The average molecular weight is 276 g/mol. The SMILES string of the molecule is CCCc1c(C(=O)O)c(CC)nn1-c1ccccc1F. The summed E-state index contributed by atoms with van der Waals surface area (Å²) in [4.78, 5) is 11.5. The number of aryl methyl sites for hydroxylation is 1. The standard InChI is InChI=1S/C15H17FN2O2/c1-3-7-13-14(15(19)20)11(4-2)17-18(13)12-9-6-5-8-10(12)16/h5-6,8-9H,3-4,7H2,1-2H3,(H,19,20). The van der Waals surface area contributed by atoms with Crippen molar-refractivity contribution in [3.05, 3.63) is 47.0 Å². The Morgan fingerprint density at radius 1 is 1.35 bits per heavy atom. The van der Waals surface area contributed by atoms with E-state index in [1.54, 1.807) is 18.2 Å². The van der Waals surface area contributed by atoms with Crippen LogP contribution in [-0.2, 0) is 12.8 Å². The molecule has 0 atom stereocenters. The summed E-state index contributed by atoms with van der Waals surface area (Å²) in [5.74, 6) is -1.42. The summed E-state index contributed by atoms with van der Waals surface area (Å²) in [6.45, 7) is 3.80. The molecule has 4 nitrogen and oxygen atoms in total. The highest BCUT2D eigenvalue weighted by Gasteiger charge is 2.23. The molecule has 1 aromatic heterocycles. The molecule has 2 aromatic rings. The minimum Gasteiger partial charge on any atom is -0.478 e. The molecule has 0 spiro atoms. The van der Waals surface area contributed by atoms with Crippen LogP contribution in [0.15, 0.2) is 24.3 Å². The fourth-order valence-electron chi connectivity index (χ4n) is 2.29. The Kier molecular flexibility index (Phi) is 4.17. The molecule has 1 heterocycles. The molecule has 20 heavy (non-hydrogen) atoms. The fraction of sp³-hybridized carbons (Fsp3) is 0.333. The number of para-hydroxylation sites is 1. The van der Waals surface area contributed by atoms with Crippen molar-refractivity contribution < 1.29 is 14.3 Å². The van der Waals surface area contributed by atoms with E-state index in [4.69, 9.17) is 0 Å². The number of carboxylic acid groups (broad SMARTS) is 1. The molecule has 0 aliphatic rings. The molecule has 0 fully saturated rings. The molecule has 0 aliphatic heterocycles. The first-order valence-electron chi connectivity index (χ1n) is 6.69. The molecule has 1 aromatic carbocycles. The maximum atomic E-state index is 13.9. The minimum atomic E-state index is -1.01. The van der Waals surface area contributed by atoms with Crippen LogP contribution in [0.3, 0.4) is 0 Å². The lowest BCUT2D eigenvalue weighted by Gasteiger charge is -2.08. The van der Waals surface area contributed by atoms with Gasteiger partial charge in [0.15, 0.2) is 0 Å². The van der Waals surface area contributed by atoms with Crippen molar-refractivity contribution >= 4 is 5.97 Å². The minimum absolute atomic E-state index is 0.206. The molecule has 2 rings (SSSR count). The summed E-state index contributed by atoms with van der Waals surface area (Å²) < 4.78 is 15.4. The molecule has 0 aliphatic carbocycles. The smallest absolute Gasteiger partial charge is 0.339 e. The second kappa shape index (κ2) is 5.86. The summed E-state index contributed by atoms with van der Waals surface area (Å²) in [7, 11) is 0. The first kappa shape index (κ1) is 14.2. The maximum Gasteiger partial charge on any atom is 0.339 e. The van der Waals surface area contributed by atoms with E-state index < -0.39 is 11.8 Å². The lowest BCUT2D eigenvalue weighted by molar-refractivity contribution is 0.0694. The first-order valence-corrected chi connectivity index (χ1v) is 6.69. The van der Waals surface area contributed by atoms with Gasteiger partial charge >= 0.3 is 5.97 Å². The van der Waals surface area contributed by atoms with Crippen LogP contribution in [0.5, 0.6) is 0 Å². The van der Waals surface area contributed by atoms with Gasteiger partial charge in [-0.2, -0.15) is 5.10 Å². The van der Waals surface area contributed by atoms with Crippen molar-refractivity contribution in [2.75, 3.05) is 0 Å². The molecule has 0 amide bonds. The predicted molar refractivity (Wildman–Crippen MR) is 73.9 cm³/mol. The highest BCUT2D eigenvalue weighted by atomic mass is 19.1. The molecular formula is C15H17FN2O2. The Morgan fingerprint density at radius 3 is 2.60 bits per heavy atom. The predicted octanol–water partition coefficient (Wildman–Crippen LogP) is 3.22. The topological polar surface area (TPSA) is 55.1 Å². The van der Waals surface area contributed by atoms with E-state index in [1.165, 1.54) is 10.7 Å². The van der Waals surface area contributed by atoms with E-state index in [0.29, 0.717) is 24.2 Å². The van der Waals surface area contributed by atoms with Crippen LogP contribution in [0.2, 0.25) is 0 Å². The van der Waals surface area contributed by atoms with Gasteiger partial charge in [0.1, 0.15) is 17.1 Å². The third-order valence-electron chi connectivity index (χ3n) is 3.17. The number of hydrogen-bond donors (Lipinski definition) is 1. The average Bonchev–Trinajstić information content (AvgIpc) is 2.78. The number of benzene rings is 1. The van der Waals surface area contributed by atoms with Gasteiger partial charge < -0.3 is 5.11 Å². The van der Waals surface area contributed by atoms with Crippen molar-refractivity contribution in [1.82, 2.24) is 9.78 Å². The largest absolute Gasteiger partial charge is 0.478 e. The van der Waals surface area contributed by atoms with Gasteiger partial charge in [-0.1, -0.05) is 32.4 Å². The Balaban J connectivity index is 2.70. The Morgan fingerprint density at radius 2 is 2.05 bits per heavy atom. The number of aromatic carboxylic acids is 1. The molecule has 0 bridgehead atoms. The van der Waals surface area contributed by atoms with E-state index in [9.17, 15) is 14.3 Å². The van der Waals surface area contributed by atoms with E-state index in [2.05, 4.69) is 5.10 Å². The number of aromatic nitrogens is 2. The third kappa shape index (κ3) is 2.43. The van der Waals surface area contributed by atoms with Gasteiger partial charge in [0, 0.05) is 0 Å². The zero-order valence-corrected chi connectivity index (χ0v) is 11.6. The molecule has 0 saturated carbocycles. The van der Waals surface area contributed by atoms with Crippen LogP contribution >= 0.6 is 0 Å². The molecule has 106 valence electrons. The van der Waals surface area contributed by atoms with Gasteiger partial charge in [-0.05, 0) is 25.0 Å². The number of hydrogen-bond acceptors (Lipinski definition) is 2. The van der Waals surface area contributed by atoms with Gasteiger partial charge in [-0.3, -0.25) is 0 Å². The fourth-order valence-corrected chi connectivity index (χ4v) is 2.29. The van der Waals surface area contributed by atoms with Crippen LogP contribution in [0.1, 0.15) is 42.0 Å². The summed E-state index contributed by atoms with van der Waals surface area (Å²) in [6.07, 6.45) is 1.81. The number of carbonyl (C=O) groups is 1. The highest BCUT2D eigenvalue weighted by Crippen LogP contribution is 2.22. The summed E-state index contributed by atoms with van der Waals surface area (Å²) in [5, 5.41) is 13.7.